The van der Waals surface area contributed by atoms with Crippen LogP contribution < -0.4 is 9.64 Å². The van der Waals surface area contributed by atoms with Gasteiger partial charge in [-0.25, -0.2) is 9.59 Å². The normalized spacial score (nSPS) is 16.1. The van der Waals surface area contributed by atoms with Crippen molar-refractivity contribution in [1.29, 1.82) is 0 Å². The Bertz CT molecular complexity index is 876. The van der Waals surface area contributed by atoms with Crippen LogP contribution >= 0.6 is 0 Å². The molecule has 2 N–H and O–H groups in total. The first-order chi connectivity index (χ1) is 11.9. The number of carboxylic acids is 2. The van der Waals surface area contributed by atoms with Crippen LogP contribution in [0.2, 0.25) is 0 Å². The zero-order valence-corrected chi connectivity index (χ0v) is 13.3. The molecule has 0 fully saturated rings. The van der Waals surface area contributed by atoms with Gasteiger partial charge in [-0.05, 0) is 42.8 Å². The van der Waals surface area contributed by atoms with E-state index in [9.17, 15) is 14.4 Å². The quantitative estimate of drug-likeness (QED) is 0.885. The molecule has 0 aliphatic carbocycles. The molecular formula is C18H15NO6. The van der Waals surface area contributed by atoms with Crippen LogP contribution in [0.25, 0.3) is 0 Å². The third kappa shape index (κ3) is 3.16. The number of aromatic carboxylic acids is 2. The van der Waals surface area contributed by atoms with E-state index in [1.807, 2.05) is 0 Å². The van der Waals surface area contributed by atoms with E-state index < -0.39 is 18.0 Å². The molecular weight excluding hydrogens is 326 g/mol. The zero-order chi connectivity index (χ0) is 18.1. The third-order valence-electron chi connectivity index (χ3n) is 3.93. The van der Waals surface area contributed by atoms with E-state index in [0.717, 1.165) is 0 Å². The Morgan fingerprint density at radius 1 is 1.08 bits per heavy atom. The Balaban J connectivity index is 1.98. The van der Waals surface area contributed by atoms with Gasteiger partial charge in [0.2, 0.25) is 0 Å². The first-order valence-electron chi connectivity index (χ1n) is 7.54. The molecule has 25 heavy (non-hydrogen) atoms. The zero-order valence-electron chi connectivity index (χ0n) is 13.3. The molecule has 1 heterocycles. The second kappa shape index (κ2) is 6.27. The largest absolute Gasteiger partial charge is 0.479 e. The first-order valence-corrected chi connectivity index (χ1v) is 7.54. The van der Waals surface area contributed by atoms with Crippen molar-refractivity contribution in [3.63, 3.8) is 0 Å². The number of ether oxygens (including phenoxy) is 1. The molecule has 1 atom stereocenters. The summed E-state index contributed by atoms with van der Waals surface area (Å²) in [6.45, 7) is 1.74. The van der Waals surface area contributed by atoms with Gasteiger partial charge in [0.15, 0.2) is 6.10 Å². The monoisotopic (exact) mass is 341 g/mol. The smallest absolute Gasteiger partial charge is 0.335 e. The third-order valence-corrected chi connectivity index (χ3v) is 3.93. The lowest BCUT2D eigenvalue weighted by Crippen LogP contribution is -2.44. The van der Waals surface area contributed by atoms with Gasteiger partial charge in [0.25, 0.3) is 5.91 Å². The lowest BCUT2D eigenvalue weighted by atomic mass is 10.1. The minimum Gasteiger partial charge on any atom is -0.479 e. The minimum absolute atomic E-state index is 0.0631. The number of hydrogen-bond acceptors (Lipinski definition) is 4. The van der Waals surface area contributed by atoms with Crippen molar-refractivity contribution in [3.05, 3.63) is 59.2 Å². The summed E-state index contributed by atoms with van der Waals surface area (Å²) < 4.78 is 5.52. The molecule has 1 unspecified atom stereocenters. The van der Waals surface area contributed by atoms with E-state index in [2.05, 4.69) is 0 Å². The van der Waals surface area contributed by atoms with Gasteiger partial charge in [-0.2, -0.15) is 0 Å². The molecule has 1 aliphatic heterocycles. The molecule has 1 aliphatic rings. The SMILES string of the molecule is CC1Oc2cc(C(=O)O)ccc2N(Cc2cccc(C(=O)O)c2)C1=O. The maximum absolute atomic E-state index is 12.5. The van der Waals surface area contributed by atoms with Crippen molar-refractivity contribution in [2.75, 3.05) is 4.90 Å². The van der Waals surface area contributed by atoms with Gasteiger partial charge in [0, 0.05) is 0 Å². The molecule has 7 nitrogen and oxygen atoms in total. The topological polar surface area (TPSA) is 104 Å². The van der Waals surface area contributed by atoms with Gasteiger partial charge in [-0.15, -0.1) is 0 Å². The van der Waals surface area contributed by atoms with Crippen LogP contribution in [0.1, 0.15) is 33.2 Å². The summed E-state index contributed by atoms with van der Waals surface area (Å²) in [5.41, 5.74) is 1.30. The number of amides is 1. The van der Waals surface area contributed by atoms with E-state index in [4.69, 9.17) is 14.9 Å². The van der Waals surface area contributed by atoms with E-state index in [0.29, 0.717) is 17.0 Å². The van der Waals surface area contributed by atoms with Gasteiger partial charge in [-0.3, -0.25) is 4.79 Å². The van der Waals surface area contributed by atoms with Crippen LogP contribution in [0.3, 0.4) is 0 Å². The van der Waals surface area contributed by atoms with Crippen LogP contribution in [-0.4, -0.2) is 34.2 Å². The molecule has 0 spiro atoms. The van der Waals surface area contributed by atoms with Crippen molar-refractivity contribution < 1.29 is 29.3 Å². The standard InChI is InChI=1S/C18H15NO6/c1-10-16(20)19(9-11-3-2-4-12(7-11)17(21)22)14-6-5-13(18(23)24)8-15(14)25-10/h2-8,10H,9H2,1H3,(H,21,22)(H,23,24). The maximum Gasteiger partial charge on any atom is 0.335 e. The molecule has 2 aromatic rings. The summed E-state index contributed by atoms with van der Waals surface area (Å²) in [6, 6.07) is 10.6. The Morgan fingerprint density at radius 3 is 2.44 bits per heavy atom. The number of fused-ring (bicyclic) bond motifs is 1. The number of rotatable bonds is 4. The van der Waals surface area contributed by atoms with Crippen LogP contribution in [0.4, 0.5) is 5.69 Å². The van der Waals surface area contributed by atoms with Crippen LogP contribution in [0, 0.1) is 0 Å². The Morgan fingerprint density at radius 2 is 1.76 bits per heavy atom. The number of carbonyl (C=O) groups is 3. The van der Waals surface area contributed by atoms with E-state index in [1.54, 1.807) is 19.1 Å². The number of carboxylic acid groups (broad SMARTS) is 2. The highest BCUT2D eigenvalue weighted by molar-refractivity contribution is 6.01. The Kier molecular flexibility index (Phi) is 4.14. The molecule has 7 heteroatoms. The van der Waals surface area contributed by atoms with Crippen LogP contribution in [-0.2, 0) is 11.3 Å². The highest BCUT2D eigenvalue weighted by atomic mass is 16.5. The van der Waals surface area contributed by atoms with Gasteiger partial charge >= 0.3 is 11.9 Å². The van der Waals surface area contributed by atoms with Gasteiger partial charge < -0.3 is 19.8 Å². The molecule has 128 valence electrons. The number of anilines is 1. The van der Waals surface area contributed by atoms with Gasteiger partial charge in [0.1, 0.15) is 5.75 Å². The second-order valence-corrected chi connectivity index (χ2v) is 5.68. The average Bonchev–Trinajstić information content (AvgIpc) is 2.58. The van der Waals surface area contributed by atoms with E-state index in [-0.39, 0.29) is 23.6 Å². The van der Waals surface area contributed by atoms with Crippen molar-refractivity contribution in [3.8, 4) is 5.75 Å². The fourth-order valence-electron chi connectivity index (χ4n) is 2.69. The van der Waals surface area contributed by atoms with Crippen LogP contribution in [0.15, 0.2) is 42.5 Å². The highest BCUT2D eigenvalue weighted by Crippen LogP contribution is 2.36. The molecule has 0 radical (unpaired) electrons. The molecule has 0 aromatic heterocycles. The summed E-state index contributed by atoms with van der Waals surface area (Å²) in [4.78, 5) is 36.2. The number of hydrogen-bond donors (Lipinski definition) is 2. The molecule has 0 saturated carbocycles. The average molecular weight is 341 g/mol. The molecule has 0 bridgehead atoms. The molecule has 1 amide bonds. The van der Waals surface area contributed by atoms with Gasteiger partial charge in [0.05, 0.1) is 23.4 Å². The van der Waals surface area contributed by atoms with Crippen molar-refractivity contribution in [1.82, 2.24) is 0 Å². The van der Waals surface area contributed by atoms with Crippen molar-refractivity contribution in [2.45, 2.75) is 19.6 Å². The lowest BCUT2D eigenvalue weighted by Gasteiger charge is -2.33. The summed E-state index contributed by atoms with van der Waals surface area (Å²) >= 11 is 0. The predicted octanol–water partition coefficient (Wildman–Crippen LogP) is 2.40. The minimum atomic E-state index is -1.09. The summed E-state index contributed by atoms with van der Waals surface area (Å²) in [5, 5.41) is 18.2. The van der Waals surface area contributed by atoms with E-state index >= 15 is 0 Å². The summed E-state index contributed by atoms with van der Waals surface area (Å²) in [6.07, 6.45) is -0.765. The van der Waals surface area contributed by atoms with Gasteiger partial charge in [-0.1, -0.05) is 12.1 Å². The second-order valence-electron chi connectivity index (χ2n) is 5.68. The van der Waals surface area contributed by atoms with Crippen LogP contribution in [0.5, 0.6) is 5.75 Å². The molecule has 0 saturated heterocycles. The summed E-state index contributed by atoms with van der Waals surface area (Å²) in [5.74, 6) is -2.11. The van der Waals surface area contributed by atoms with E-state index in [1.165, 1.54) is 35.2 Å². The molecule has 3 rings (SSSR count). The first kappa shape index (κ1) is 16.5. The Labute approximate surface area is 143 Å². The number of carbonyl (C=O) groups excluding carboxylic acids is 1. The summed E-state index contributed by atoms with van der Waals surface area (Å²) in [7, 11) is 0. The fraction of sp³-hybridized carbons (Fsp3) is 0.167. The fourth-order valence-corrected chi connectivity index (χ4v) is 2.69. The van der Waals surface area contributed by atoms with Crippen molar-refractivity contribution in [2.24, 2.45) is 0 Å². The number of benzene rings is 2. The van der Waals surface area contributed by atoms with Crippen molar-refractivity contribution >= 4 is 23.5 Å². The molecule has 2 aromatic carbocycles. The Hall–Kier alpha value is -3.35. The highest BCUT2D eigenvalue weighted by Gasteiger charge is 2.32. The predicted molar refractivity (Wildman–Crippen MR) is 88.1 cm³/mol. The lowest BCUT2D eigenvalue weighted by molar-refractivity contribution is -0.125. The number of nitrogens with zero attached hydrogens (tertiary/aromatic N) is 1. The maximum atomic E-state index is 12.5.